The van der Waals surface area contributed by atoms with E-state index < -0.39 is 24.3 Å². The molecule has 206 valence electrons. The molecule has 0 atom stereocenters. The highest BCUT2D eigenvalue weighted by atomic mass is 19.3. The molecule has 3 aliphatic rings. The van der Waals surface area contributed by atoms with Crippen molar-refractivity contribution < 1.29 is 22.8 Å². The van der Waals surface area contributed by atoms with Crippen LogP contribution in [-0.4, -0.2) is 61.1 Å². The number of alkyl halides is 2. The quantitative estimate of drug-likeness (QED) is 0.321. The number of imidazole rings is 1. The zero-order valence-corrected chi connectivity index (χ0v) is 21.9. The number of likely N-dealkylation sites (tertiary alicyclic amines) is 1. The molecule has 40 heavy (non-hydrogen) atoms. The number of ketones is 1. The Labute approximate surface area is 228 Å². The summed E-state index contributed by atoms with van der Waals surface area (Å²) in [5, 5.41) is 0.682. The molecule has 1 aliphatic carbocycles. The first kappa shape index (κ1) is 24.9. The standard InChI is InChI=1S/C30H28F3N5O2/c31-20-13-19-16-36(29(40)37-9-4-2-8-30(32,33)18-37)12-11-35-17-23(22(14-20)28(19)35)21-6-7-25(39)27(21)24-15-34-26-5-1-3-10-38(24)26/h1,3,5,10,13-15,17H,2,4,6-9,11-12,16,18H2. The van der Waals surface area contributed by atoms with Crippen LogP contribution in [0.3, 0.4) is 0 Å². The van der Waals surface area contributed by atoms with Gasteiger partial charge in [-0.2, -0.15) is 0 Å². The minimum Gasteiger partial charge on any atom is -0.345 e. The van der Waals surface area contributed by atoms with Crippen LogP contribution in [0.2, 0.25) is 0 Å². The minimum absolute atomic E-state index is 0.0243. The molecule has 7 rings (SSSR count). The maximum absolute atomic E-state index is 15.1. The van der Waals surface area contributed by atoms with Crippen molar-refractivity contribution in [1.82, 2.24) is 23.8 Å². The van der Waals surface area contributed by atoms with E-state index in [1.54, 1.807) is 11.1 Å². The van der Waals surface area contributed by atoms with Crippen LogP contribution in [-0.2, 0) is 17.9 Å². The van der Waals surface area contributed by atoms with Crippen molar-refractivity contribution in [3.05, 3.63) is 71.6 Å². The van der Waals surface area contributed by atoms with E-state index in [9.17, 15) is 18.4 Å². The number of urea groups is 1. The third-order valence-corrected chi connectivity index (χ3v) is 8.35. The summed E-state index contributed by atoms with van der Waals surface area (Å²) in [5.74, 6) is -3.33. The number of amides is 2. The van der Waals surface area contributed by atoms with E-state index in [1.807, 2.05) is 39.6 Å². The smallest absolute Gasteiger partial charge is 0.320 e. The van der Waals surface area contributed by atoms with Gasteiger partial charge in [-0.3, -0.25) is 9.20 Å². The summed E-state index contributed by atoms with van der Waals surface area (Å²) >= 11 is 0. The van der Waals surface area contributed by atoms with Gasteiger partial charge in [-0.05, 0) is 54.7 Å². The van der Waals surface area contributed by atoms with Crippen LogP contribution in [0.25, 0.3) is 27.7 Å². The van der Waals surface area contributed by atoms with Crippen LogP contribution in [0.15, 0.2) is 48.9 Å². The Kier molecular flexibility index (Phi) is 5.76. The fraction of sp³-hybridized carbons (Fsp3) is 0.367. The van der Waals surface area contributed by atoms with Crippen molar-refractivity contribution in [2.75, 3.05) is 19.6 Å². The molecule has 0 bridgehead atoms. The summed E-state index contributed by atoms with van der Waals surface area (Å²) in [5.41, 5.74) is 5.13. The predicted molar refractivity (Wildman–Crippen MR) is 144 cm³/mol. The Hall–Kier alpha value is -4.08. The number of hydrogen-bond donors (Lipinski definition) is 0. The van der Waals surface area contributed by atoms with E-state index in [1.165, 1.54) is 17.0 Å². The van der Waals surface area contributed by atoms with Gasteiger partial charge in [-0.1, -0.05) is 6.07 Å². The van der Waals surface area contributed by atoms with Gasteiger partial charge in [-0.25, -0.2) is 22.9 Å². The first-order valence-electron chi connectivity index (χ1n) is 13.7. The van der Waals surface area contributed by atoms with Gasteiger partial charge in [0, 0.05) is 67.9 Å². The summed E-state index contributed by atoms with van der Waals surface area (Å²) < 4.78 is 47.5. The van der Waals surface area contributed by atoms with Gasteiger partial charge in [0.05, 0.1) is 24.0 Å². The largest absolute Gasteiger partial charge is 0.345 e. The monoisotopic (exact) mass is 547 g/mol. The number of pyridine rings is 1. The van der Waals surface area contributed by atoms with E-state index in [2.05, 4.69) is 4.98 Å². The van der Waals surface area contributed by atoms with Crippen molar-refractivity contribution >= 4 is 39.5 Å². The predicted octanol–water partition coefficient (Wildman–Crippen LogP) is 5.76. The van der Waals surface area contributed by atoms with Crippen LogP contribution in [0, 0.1) is 5.82 Å². The molecule has 0 spiro atoms. The van der Waals surface area contributed by atoms with E-state index in [0.29, 0.717) is 61.0 Å². The highest BCUT2D eigenvalue weighted by Gasteiger charge is 2.37. The van der Waals surface area contributed by atoms with E-state index in [-0.39, 0.29) is 25.3 Å². The van der Waals surface area contributed by atoms with Gasteiger partial charge in [0.25, 0.3) is 5.92 Å². The second-order valence-electron chi connectivity index (χ2n) is 11.0. The Morgan fingerprint density at radius 2 is 1.90 bits per heavy atom. The molecule has 1 aromatic carbocycles. The SMILES string of the molecule is O=C1CCC(c2cn3c4c(cc(F)cc24)CN(C(=O)N2CCCCC(F)(F)C2)CC3)=C1c1cnc2ccccn12. The summed E-state index contributed by atoms with van der Waals surface area (Å²) in [4.78, 5) is 33.8. The molecule has 0 saturated carbocycles. The van der Waals surface area contributed by atoms with Crippen LogP contribution in [0.1, 0.15) is 48.9 Å². The zero-order chi connectivity index (χ0) is 27.6. The van der Waals surface area contributed by atoms with Crippen molar-refractivity contribution in [3.8, 4) is 0 Å². The minimum atomic E-state index is -2.91. The lowest BCUT2D eigenvalue weighted by Gasteiger charge is -2.30. The number of fused-ring (bicyclic) bond motifs is 1. The number of aromatic nitrogens is 3. The molecule has 10 heteroatoms. The van der Waals surface area contributed by atoms with E-state index >= 15 is 4.39 Å². The number of hydrogen-bond acceptors (Lipinski definition) is 3. The number of allylic oxidation sites excluding steroid dienone is 2. The molecule has 2 amide bonds. The second kappa shape index (κ2) is 9.25. The van der Waals surface area contributed by atoms with Gasteiger partial charge < -0.3 is 14.4 Å². The molecular formula is C30H28F3N5O2. The number of Topliss-reactive ketones (excluding diaryl/α,β-unsaturated/α-hetero) is 1. The van der Waals surface area contributed by atoms with Crippen molar-refractivity contribution in [3.63, 3.8) is 0 Å². The van der Waals surface area contributed by atoms with Crippen LogP contribution < -0.4 is 0 Å². The summed E-state index contributed by atoms with van der Waals surface area (Å²) in [6.45, 7) is 0.548. The Morgan fingerprint density at radius 1 is 1.02 bits per heavy atom. The number of rotatable bonds is 2. The van der Waals surface area contributed by atoms with Gasteiger partial charge in [0.15, 0.2) is 5.78 Å². The fourth-order valence-corrected chi connectivity index (χ4v) is 6.53. The normalized spacial score (nSPS) is 19.5. The topological polar surface area (TPSA) is 62.9 Å². The van der Waals surface area contributed by atoms with Gasteiger partial charge >= 0.3 is 6.03 Å². The molecular weight excluding hydrogens is 519 g/mol. The first-order chi connectivity index (χ1) is 19.3. The molecule has 1 fully saturated rings. The maximum atomic E-state index is 15.1. The molecule has 2 aliphatic heterocycles. The number of carbonyl (C=O) groups excluding carboxylic acids is 2. The molecule has 0 unspecified atom stereocenters. The summed E-state index contributed by atoms with van der Waals surface area (Å²) in [6.07, 6.45) is 7.12. The summed E-state index contributed by atoms with van der Waals surface area (Å²) in [6, 6.07) is 8.12. The first-order valence-corrected chi connectivity index (χ1v) is 13.7. The molecule has 0 radical (unpaired) electrons. The van der Waals surface area contributed by atoms with Crippen molar-refractivity contribution in [2.24, 2.45) is 0 Å². The molecule has 4 aromatic rings. The zero-order valence-electron chi connectivity index (χ0n) is 21.9. The van der Waals surface area contributed by atoms with Crippen LogP contribution in [0.5, 0.6) is 0 Å². The van der Waals surface area contributed by atoms with Crippen LogP contribution in [0.4, 0.5) is 18.0 Å². The highest BCUT2D eigenvalue weighted by Crippen LogP contribution is 2.42. The highest BCUT2D eigenvalue weighted by molar-refractivity contribution is 6.31. The Balaban J connectivity index is 1.30. The number of benzene rings is 1. The lowest BCUT2D eigenvalue weighted by atomic mass is 9.98. The third kappa shape index (κ3) is 4.08. The Bertz CT molecular complexity index is 1720. The second-order valence-corrected chi connectivity index (χ2v) is 11.0. The number of nitrogens with zero attached hydrogens (tertiary/aromatic N) is 5. The number of halogens is 3. The van der Waals surface area contributed by atoms with E-state index in [0.717, 1.165) is 22.3 Å². The average Bonchev–Trinajstić information content (AvgIpc) is 3.54. The van der Waals surface area contributed by atoms with Gasteiger partial charge in [0.1, 0.15) is 11.5 Å². The van der Waals surface area contributed by atoms with Crippen molar-refractivity contribution in [1.29, 1.82) is 0 Å². The van der Waals surface area contributed by atoms with E-state index in [4.69, 9.17) is 0 Å². The van der Waals surface area contributed by atoms with Gasteiger partial charge in [-0.15, -0.1) is 0 Å². The average molecular weight is 548 g/mol. The Morgan fingerprint density at radius 3 is 2.77 bits per heavy atom. The molecule has 5 heterocycles. The fourth-order valence-electron chi connectivity index (χ4n) is 6.53. The maximum Gasteiger partial charge on any atom is 0.320 e. The summed E-state index contributed by atoms with van der Waals surface area (Å²) in [7, 11) is 0. The van der Waals surface area contributed by atoms with Crippen LogP contribution >= 0.6 is 0 Å². The number of carbonyl (C=O) groups is 2. The van der Waals surface area contributed by atoms with Gasteiger partial charge in [0.2, 0.25) is 0 Å². The lowest BCUT2D eigenvalue weighted by Crippen LogP contribution is -2.47. The molecule has 7 nitrogen and oxygen atoms in total. The molecule has 1 saturated heterocycles. The molecule has 3 aromatic heterocycles. The van der Waals surface area contributed by atoms with Crippen molar-refractivity contribution in [2.45, 2.75) is 51.1 Å². The lowest BCUT2D eigenvalue weighted by molar-refractivity contribution is -0.113. The third-order valence-electron chi connectivity index (χ3n) is 8.35. The molecule has 0 N–H and O–H groups in total.